The van der Waals surface area contributed by atoms with E-state index in [1.807, 2.05) is 0 Å². The van der Waals surface area contributed by atoms with Gasteiger partial charge in [-0.1, -0.05) is 11.2 Å². The highest BCUT2D eigenvalue weighted by Gasteiger charge is 2.29. The van der Waals surface area contributed by atoms with Crippen molar-refractivity contribution in [1.82, 2.24) is 0 Å². The van der Waals surface area contributed by atoms with Crippen molar-refractivity contribution in [3.8, 4) is 11.5 Å². The third-order valence-corrected chi connectivity index (χ3v) is 4.80. The molecule has 2 aromatic carbocycles. The Balaban J connectivity index is 2.33. The van der Waals surface area contributed by atoms with E-state index in [9.17, 15) is 25.3 Å². The van der Waals surface area contributed by atoms with E-state index in [0.717, 1.165) is 12.3 Å². The number of halogens is 2. The molecule has 0 aliphatic heterocycles. The van der Waals surface area contributed by atoms with Gasteiger partial charge in [-0.3, -0.25) is 20.2 Å². The molecule has 0 saturated carbocycles. The lowest BCUT2D eigenvalue weighted by Crippen LogP contribution is -1.99. The molecule has 0 unspecified atom stereocenters. The number of phenols is 1. The summed E-state index contributed by atoms with van der Waals surface area (Å²) in [5.41, 5.74) is -1.24. The minimum absolute atomic E-state index is 0.120. The third kappa shape index (κ3) is 3.68. The van der Waals surface area contributed by atoms with Crippen LogP contribution in [0.15, 0.2) is 44.4 Å². The summed E-state index contributed by atoms with van der Waals surface area (Å²) in [5.74, 6) is -0.508. The molecular weight excluding hydrogens is 454 g/mol. The molecule has 9 nitrogen and oxygen atoms in total. The van der Waals surface area contributed by atoms with Crippen LogP contribution in [0.4, 0.5) is 11.4 Å². The van der Waals surface area contributed by atoms with Crippen LogP contribution in [0, 0.1) is 20.2 Å². The molecule has 0 saturated heterocycles. The van der Waals surface area contributed by atoms with Crippen molar-refractivity contribution in [2.75, 3.05) is 0 Å². The smallest absolute Gasteiger partial charge is 0.390 e. The summed E-state index contributed by atoms with van der Waals surface area (Å²) in [6, 6.07) is 6.58. The van der Waals surface area contributed by atoms with Gasteiger partial charge in [0.1, 0.15) is 5.75 Å². The highest BCUT2D eigenvalue weighted by atomic mass is 79.9. The summed E-state index contributed by atoms with van der Waals surface area (Å²) in [6.45, 7) is 0. The van der Waals surface area contributed by atoms with Crippen molar-refractivity contribution in [3.05, 3.63) is 65.1 Å². The van der Waals surface area contributed by atoms with E-state index >= 15 is 0 Å². The van der Waals surface area contributed by atoms with E-state index in [1.165, 1.54) is 18.2 Å². The van der Waals surface area contributed by atoms with Gasteiger partial charge in [0.25, 0.3) is 0 Å². The van der Waals surface area contributed by atoms with Crippen molar-refractivity contribution in [1.29, 1.82) is 0 Å². The predicted molar refractivity (Wildman–Crippen MR) is 91.5 cm³/mol. The molecule has 11 heteroatoms. The van der Waals surface area contributed by atoms with E-state index in [0.29, 0.717) is 8.95 Å². The van der Waals surface area contributed by atoms with Gasteiger partial charge in [-0.05, 0) is 50.1 Å². The number of benzene rings is 2. The predicted octanol–water partition coefficient (Wildman–Crippen LogP) is 4.15. The van der Waals surface area contributed by atoms with Crippen molar-refractivity contribution in [2.45, 2.75) is 0 Å². The van der Waals surface area contributed by atoms with Crippen LogP contribution in [0.2, 0.25) is 0 Å². The summed E-state index contributed by atoms with van der Waals surface area (Å²) < 4.78 is 1.01. The number of nitrogens with zero attached hydrogens (tertiary/aromatic N) is 3. The molecule has 0 heterocycles. The molecule has 0 fully saturated rings. The summed E-state index contributed by atoms with van der Waals surface area (Å²) in [5, 5.41) is 35.3. The van der Waals surface area contributed by atoms with Crippen molar-refractivity contribution in [3.63, 3.8) is 0 Å². The Morgan fingerprint density at radius 3 is 2.46 bits per heavy atom. The van der Waals surface area contributed by atoms with Crippen LogP contribution in [0.1, 0.15) is 5.56 Å². The van der Waals surface area contributed by atoms with E-state index < -0.39 is 21.2 Å². The number of phenolic OH excluding ortho intramolecular Hbond substituents is 1. The fourth-order valence-corrected chi connectivity index (χ4v) is 2.40. The lowest BCUT2D eigenvalue weighted by Gasteiger charge is -2.03. The molecular formula is C13H7Br2N3O6. The van der Waals surface area contributed by atoms with E-state index in [4.69, 9.17) is 4.84 Å². The first-order chi connectivity index (χ1) is 11.3. The molecule has 2 rings (SSSR count). The van der Waals surface area contributed by atoms with Gasteiger partial charge in [0, 0.05) is 16.1 Å². The molecule has 1 N–H and O–H groups in total. The zero-order valence-electron chi connectivity index (χ0n) is 11.6. The average molecular weight is 461 g/mol. The van der Waals surface area contributed by atoms with Gasteiger partial charge in [-0.15, -0.1) is 0 Å². The maximum atomic E-state index is 11.0. The molecule has 2 aromatic rings. The molecule has 124 valence electrons. The summed E-state index contributed by atoms with van der Waals surface area (Å²) >= 11 is 6.37. The van der Waals surface area contributed by atoms with Gasteiger partial charge in [-0.2, -0.15) is 0 Å². The Hall–Kier alpha value is -2.53. The molecule has 0 atom stereocenters. The van der Waals surface area contributed by atoms with Crippen LogP contribution in [0.3, 0.4) is 0 Å². The van der Waals surface area contributed by atoms with Crippen molar-refractivity contribution >= 4 is 49.4 Å². The third-order valence-electron chi connectivity index (χ3n) is 2.80. The first kappa shape index (κ1) is 17.8. The Kier molecular flexibility index (Phi) is 5.46. The normalized spacial score (nSPS) is 10.8. The molecule has 0 spiro atoms. The van der Waals surface area contributed by atoms with Gasteiger partial charge < -0.3 is 9.94 Å². The zero-order chi connectivity index (χ0) is 17.9. The summed E-state index contributed by atoms with van der Waals surface area (Å²) in [7, 11) is 0. The fraction of sp³-hybridized carbons (Fsp3) is 0. The Morgan fingerprint density at radius 1 is 1.12 bits per heavy atom. The highest BCUT2D eigenvalue weighted by Crippen LogP contribution is 2.36. The lowest BCUT2D eigenvalue weighted by molar-refractivity contribution is -0.423. The zero-order valence-corrected chi connectivity index (χ0v) is 14.7. The molecule has 0 aliphatic rings. The van der Waals surface area contributed by atoms with Gasteiger partial charge in [0.05, 0.1) is 20.5 Å². The fourth-order valence-electron chi connectivity index (χ4n) is 1.71. The largest absolute Gasteiger partial charge is 0.506 e. The van der Waals surface area contributed by atoms with Gasteiger partial charge in [-0.25, -0.2) is 0 Å². The van der Waals surface area contributed by atoms with Crippen molar-refractivity contribution in [2.24, 2.45) is 5.16 Å². The van der Waals surface area contributed by atoms with Gasteiger partial charge in [0.15, 0.2) is 0 Å². The first-order valence-electron chi connectivity index (χ1n) is 6.12. The van der Waals surface area contributed by atoms with Crippen LogP contribution in [-0.2, 0) is 0 Å². The Bertz CT molecular complexity index is 856. The quantitative estimate of drug-likeness (QED) is 0.405. The van der Waals surface area contributed by atoms with E-state index in [-0.39, 0.29) is 17.1 Å². The number of hydrogen-bond acceptors (Lipinski definition) is 7. The SMILES string of the molecule is O=[N+]([O-])c1cccc(ON=Cc2ccc(Br)c(Br)c2O)c1[N+](=O)[O-]. The second-order valence-corrected chi connectivity index (χ2v) is 5.91. The topological polar surface area (TPSA) is 128 Å². The molecule has 24 heavy (non-hydrogen) atoms. The summed E-state index contributed by atoms with van der Waals surface area (Å²) in [6.07, 6.45) is 1.12. The Labute approximate surface area is 151 Å². The average Bonchev–Trinajstić information content (AvgIpc) is 2.54. The summed E-state index contributed by atoms with van der Waals surface area (Å²) in [4.78, 5) is 25.0. The van der Waals surface area contributed by atoms with Crippen molar-refractivity contribution < 1.29 is 19.8 Å². The molecule has 0 amide bonds. The Morgan fingerprint density at radius 2 is 1.83 bits per heavy atom. The number of nitro benzene ring substituents is 2. The van der Waals surface area contributed by atoms with Crippen LogP contribution in [0.25, 0.3) is 0 Å². The van der Waals surface area contributed by atoms with Crippen LogP contribution in [-0.4, -0.2) is 21.2 Å². The maximum Gasteiger partial charge on any atom is 0.390 e. The minimum Gasteiger partial charge on any atom is -0.506 e. The molecule has 0 bridgehead atoms. The second kappa shape index (κ2) is 7.36. The van der Waals surface area contributed by atoms with Crippen LogP contribution < -0.4 is 4.84 Å². The monoisotopic (exact) mass is 459 g/mol. The van der Waals surface area contributed by atoms with Gasteiger partial charge in [0.2, 0.25) is 5.75 Å². The lowest BCUT2D eigenvalue weighted by atomic mass is 10.2. The number of para-hydroxylation sites is 1. The second-order valence-electron chi connectivity index (χ2n) is 4.26. The van der Waals surface area contributed by atoms with Gasteiger partial charge >= 0.3 is 11.4 Å². The number of oxime groups is 1. The number of nitro groups is 2. The van der Waals surface area contributed by atoms with E-state index in [1.54, 1.807) is 6.07 Å². The minimum atomic E-state index is -0.920. The molecule has 0 aliphatic carbocycles. The molecule has 0 aromatic heterocycles. The first-order valence-corrected chi connectivity index (χ1v) is 7.70. The van der Waals surface area contributed by atoms with Crippen LogP contribution in [0.5, 0.6) is 11.5 Å². The number of hydrogen-bond donors (Lipinski definition) is 1. The molecule has 0 radical (unpaired) electrons. The number of rotatable bonds is 5. The van der Waals surface area contributed by atoms with E-state index in [2.05, 4.69) is 37.0 Å². The van der Waals surface area contributed by atoms with Crippen LogP contribution >= 0.6 is 31.9 Å². The standard InChI is InChI=1S/C13H7Br2N3O6/c14-8-5-4-7(13(19)11(8)15)6-16-24-10-3-1-2-9(17(20)21)12(10)18(22)23/h1-6,19H. The highest BCUT2D eigenvalue weighted by molar-refractivity contribution is 9.13. The maximum absolute atomic E-state index is 11.0. The number of aromatic hydroxyl groups is 1.